The summed E-state index contributed by atoms with van der Waals surface area (Å²) in [6, 6.07) is 1.73. The van der Waals surface area contributed by atoms with Crippen LogP contribution in [0.4, 0.5) is 0 Å². The molecule has 1 atom stereocenters. The van der Waals surface area contributed by atoms with E-state index in [9.17, 15) is 5.11 Å². The lowest BCUT2D eigenvalue weighted by Gasteiger charge is -2.30. The molecule has 0 radical (unpaired) electrons. The highest BCUT2D eigenvalue weighted by molar-refractivity contribution is 5.16. The van der Waals surface area contributed by atoms with Gasteiger partial charge in [-0.1, -0.05) is 26.2 Å². The number of aliphatic hydroxyl groups is 1. The molecule has 1 aliphatic carbocycles. The zero-order valence-corrected chi connectivity index (χ0v) is 11.2. The van der Waals surface area contributed by atoms with Gasteiger partial charge in [-0.15, -0.1) is 0 Å². The van der Waals surface area contributed by atoms with Crippen molar-refractivity contribution in [3.05, 3.63) is 18.1 Å². The Morgan fingerprint density at radius 2 is 2.06 bits per heavy atom. The second-order valence-electron chi connectivity index (χ2n) is 5.12. The van der Waals surface area contributed by atoms with E-state index in [-0.39, 0.29) is 0 Å². The summed E-state index contributed by atoms with van der Waals surface area (Å²) in [7, 11) is 1.57. The summed E-state index contributed by atoms with van der Waals surface area (Å²) in [4.78, 5) is 8.13. The molecule has 0 spiro atoms. The first-order valence-electron chi connectivity index (χ1n) is 6.78. The van der Waals surface area contributed by atoms with Crippen LogP contribution in [0, 0.1) is 11.8 Å². The normalized spacial score (nSPS) is 25.7. The molecule has 1 N–H and O–H groups in total. The maximum absolute atomic E-state index is 10.4. The average Bonchev–Trinajstić information content (AvgIpc) is 2.46. The van der Waals surface area contributed by atoms with Gasteiger partial charge in [0.2, 0.25) is 5.88 Å². The number of hydrogen-bond donors (Lipinski definition) is 1. The van der Waals surface area contributed by atoms with Crippen molar-refractivity contribution in [3.63, 3.8) is 0 Å². The lowest BCUT2D eigenvalue weighted by molar-refractivity contribution is 0.0692. The van der Waals surface area contributed by atoms with Gasteiger partial charge in [0.1, 0.15) is 6.33 Å². The topological polar surface area (TPSA) is 55.2 Å². The van der Waals surface area contributed by atoms with Crippen molar-refractivity contribution < 1.29 is 9.84 Å². The molecule has 0 bridgehead atoms. The Kier molecular flexibility index (Phi) is 4.53. The number of ether oxygens (including phenoxy) is 1. The van der Waals surface area contributed by atoms with Crippen LogP contribution in [-0.2, 0) is 0 Å². The van der Waals surface area contributed by atoms with Crippen LogP contribution in [0.25, 0.3) is 0 Å². The molecular formula is C14H22N2O2. The van der Waals surface area contributed by atoms with Gasteiger partial charge in [-0.2, -0.15) is 0 Å². The first-order chi connectivity index (χ1) is 8.74. The highest BCUT2D eigenvalue weighted by Crippen LogP contribution is 2.37. The Bertz CT molecular complexity index is 376. The number of hydrogen-bond acceptors (Lipinski definition) is 4. The van der Waals surface area contributed by atoms with Gasteiger partial charge in [0.05, 0.1) is 18.9 Å². The highest BCUT2D eigenvalue weighted by atomic mass is 16.5. The van der Waals surface area contributed by atoms with Crippen LogP contribution in [0.5, 0.6) is 5.88 Å². The first-order valence-corrected chi connectivity index (χ1v) is 6.78. The third-order valence-electron chi connectivity index (χ3n) is 4.09. The minimum absolute atomic E-state index is 0.326. The Labute approximate surface area is 108 Å². The van der Waals surface area contributed by atoms with Crippen molar-refractivity contribution in [2.75, 3.05) is 7.11 Å². The van der Waals surface area contributed by atoms with Crippen LogP contribution in [0.15, 0.2) is 12.4 Å². The van der Waals surface area contributed by atoms with E-state index in [2.05, 4.69) is 16.9 Å². The third kappa shape index (κ3) is 2.99. The van der Waals surface area contributed by atoms with Crippen molar-refractivity contribution in [2.24, 2.45) is 11.8 Å². The fourth-order valence-electron chi connectivity index (χ4n) is 2.78. The van der Waals surface area contributed by atoms with Gasteiger partial charge in [0, 0.05) is 6.07 Å². The van der Waals surface area contributed by atoms with Gasteiger partial charge in [-0.25, -0.2) is 9.97 Å². The summed E-state index contributed by atoms with van der Waals surface area (Å²) < 4.78 is 5.06. The van der Waals surface area contributed by atoms with Crippen LogP contribution < -0.4 is 4.74 Å². The second kappa shape index (κ2) is 6.14. The van der Waals surface area contributed by atoms with Gasteiger partial charge in [0.15, 0.2) is 0 Å². The maximum atomic E-state index is 10.4. The van der Waals surface area contributed by atoms with E-state index in [0.717, 1.165) is 18.8 Å². The maximum Gasteiger partial charge on any atom is 0.216 e. The van der Waals surface area contributed by atoms with Gasteiger partial charge in [0.25, 0.3) is 0 Å². The molecule has 1 unspecified atom stereocenters. The standard InChI is InChI=1S/C14H22N2O2/c1-3-10-4-6-11(7-5-10)14(17)12-8-13(18-2)16-9-15-12/h8-11,14,17H,3-7H2,1-2H3. The van der Waals surface area contributed by atoms with E-state index >= 15 is 0 Å². The van der Waals surface area contributed by atoms with E-state index in [4.69, 9.17) is 4.74 Å². The average molecular weight is 250 g/mol. The molecule has 0 amide bonds. The summed E-state index contributed by atoms with van der Waals surface area (Å²) in [5.41, 5.74) is 0.682. The SMILES string of the molecule is CCC1CCC(C(O)c2cc(OC)ncn2)CC1. The molecule has 0 saturated heterocycles. The Hall–Kier alpha value is -1.16. The van der Waals surface area contributed by atoms with Crippen LogP contribution >= 0.6 is 0 Å². The number of aliphatic hydroxyl groups excluding tert-OH is 1. The second-order valence-corrected chi connectivity index (χ2v) is 5.12. The number of rotatable bonds is 4. The lowest BCUT2D eigenvalue weighted by Crippen LogP contribution is -2.21. The zero-order chi connectivity index (χ0) is 13.0. The van der Waals surface area contributed by atoms with E-state index in [1.54, 1.807) is 13.2 Å². The molecule has 100 valence electrons. The predicted octanol–water partition coefficient (Wildman–Crippen LogP) is 2.74. The quantitative estimate of drug-likeness (QED) is 0.892. The van der Waals surface area contributed by atoms with Crippen molar-refractivity contribution >= 4 is 0 Å². The summed E-state index contributed by atoms with van der Waals surface area (Å²) in [5.74, 6) is 1.68. The molecule has 1 aromatic rings. The van der Waals surface area contributed by atoms with Crippen LogP contribution in [0.3, 0.4) is 0 Å². The summed E-state index contributed by atoms with van der Waals surface area (Å²) in [5, 5.41) is 10.4. The summed E-state index contributed by atoms with van der Waals surface area (Å²) >= 11 is 0. The molecule has 0 aromatic carbocycles. The molecule has 0 aliphatic heterocycles. The van der Waals surface area contributed by atoms with Crippen molar-refractivity contribution in [2.45, 2.75) is 45.1 Å². The lowest BCUT2D eigenvalue weighted by atomic mass is 9.78. The summed E-state index contributed by atoms with van der Waals surface area (Å²) in [6.45, 7) is 2.25. The Morgan fingerprint density at radius 1 is 1.33 bits per heavy atom. The predicted molar refractivity (Wildman–Crippen MR) is 69.3 cm³/mol. The Balaban J connectivity index is 2.00. The van der Waals surface area contributed by atoms with Crippen molar-refractivity contribution in [1.29, 1.82) is 0 Å². The molecule has 2 rings (SSSR count). The fourth-order valence-corrected chi connectivity index (χ4v) is 2.78. The van der Waals surface area contributed by atoms with E-state index in [0.29, 0.717) is 17.5 Å². The number of nitrogens with zero attached hydrogens (tertiary/aromatic N) is 2. The van der Waals surface area contributed by atoms with Crippen LogP contribution in [0.1, 0.15) is 50.8 Å². The third-order valence-corrected chi connectivity index (χ3v) is 4.09. The first kappa shape index (κ1) is 13.3. The van der Waals surface area contributed by atoms with Gasteiger partial charge in [-0.05, 0) is 24.7 Å². The van der Waals surface area contributed by atoms with E-state index in [1.165, 1.54) is 25.6 Å². The molecule has 18 heavy (non-hydrogen) atoms. The Morgan fingerprint density at radius 3 is 2.67 bits per heavy atom. The molecule has 1 saturated carbocycles. The zero-order valence-electron chi connectivity index (χ0n) is 11.2. The van der Waals surface area contributed by atoms with Crippen molar-refractivity contribution in [1.82, 2.24) is 9.97 Å². The molecule has 4 nitrogen and oxygen atoms in total. The summed E-state index contributed by atoms with van der Waals surface area (Å²) in [6.07, 6.45) is 6.85. The number of aromatic nitrogens is 2. The fraction of sp³-hybridized carbons (Fsp3) is 0.714. The van der Waals surface area contributed by atoms with Gasteiger partial charge in [-0.3, -0.25) is 0 Å². The molecule has 1 aliphatic rings. The van der Waals surface area contributed by atoms with Gasteiger partial charge >= 0.3 is 0 Å². The molecule has 1 aromatic heterocycles. The molecular weight excluding hydrogens is 228 g/mol. The van der Waals surface area contributed by atoms with Crippen molar-refractivity contribution in [3.8, 4) is 5.88 Å². The number of methoxy groups -OCH3 is 1. The highest BCUT2D eigenvalue weighted by Gasteiger charge is 2.27. The van der Waals surface area contributed by atoms with Crippen LogP contribution in [0.2, 0.25) is 0 Å². The smallest absolute Gasteiger partial charge is 0.216 e. The largest absolute Gasteiger partial charge is 0.481 e. The minimum Gasteiger partial charge on any atom is -0.481 e. The molecule has 1 heterocycles. The van der Waals surface area contributed by atoms with Gasteiger partial charge < -0.3 is 9.84 Å². The van der Waals surface area contributed by atoms with E-state index < -0.39 is 6.10 Å². The van der Waals surface area contributed by atoms with E-state index in [1.807, 2.05) is 0 Å². The molecule has 1 fully saturated rings. The minimum atomic E-state index is -0.486. The molecule has 4 heteroatoms. The monoisotopic (exact) mass is 250 g/mol. The van der Waals surface area contributed by atoms with Crippen LogP contribution in [-0.4, -0.2) is 22.2 Å².